The van der Waals surface area contributed by atoms with E-state index in [9.17, 15) is 57.8 Å². The second-order valence-electron chi connectivity index (χ2n) is 28.4. The van der Waals surface area contributed by atoms with Crippen LogP contribution in [0.15, 0.2) is 54.6 Å². The number of likely N-dealkylation sites (N-methyl/N-ethyl adjacent to an activating group) is 2. The highest BCUT2D eigenvalue weighted by Gasteiger charge is 2.48. The number of hydrogen-bond acceptors (Lipinski definition) is 15. The van der Waals surface area contributed by atoms with Gasteiger partial charge in [0.15, 0.2) is 0 Å². The fraction of sp³-hybridized carbons (Fsp3) is 0.689. The molecule has 0 aliphatic carbocycles. The lowest BCUT2D eigenvalue weighted by molar-refractivity contribution is -0.144. The number of nitrogens with one attached hydrogen (secondary N) is 6. The zero-order valence-corrected chi connectivity index (χ0v) is 64.7. The maximum atomic E-state index is 14.6. The summed E-state index contributed by atoms with van der Waals surface area (Å²) >= 11 is 2.32. The van der Waals surface area contributed by atoms with E-state index in [-0.39, 0.29) is 127 Å². The normalized spacial score (nSPS) is 18.1. The van der Waals surface area contributed by atoms with Crippen LogP contribution in [0.5, 0.6) is 0 Å². The first-order valence-electron chi connectivity index (χ1n) is 36.1. The molecule has 2 aromatic rings. The Morgan fingerprint density at radius 3 is 1.97 bits per heavy atom. The first-order chi connectivity index (χ1) is 47.7. The number of amides is 12. The minimum Gasteiger partial charge on any atom is -0.445 e. The highest BCUT2D eigenvalue weighted by atomic mass is 127. The molecule has 101 heavy (non-hydrogen) atoms. The molecule has 0 saturated carbocycles. The number of benzene rings is 2. The number of aliphatic hydroxyl groups is 1. The van der Waals surface area contributed by atoms with Gasteiger partial charge in [-0.25, -0.2) is 9.59 Å². The molecule has 2 aromatic carbocycles. The first kappa shape index (κ1) is 86.4. The van der Waals surface area contributed by atoms with E-state index in [1.807, 2.05) is 59.7 Å². The molecule has 4 rings (SSSR count). The quantitative estimate of drug-likeness (QED) is 0.0136. The van der Waals surface area contributed by atoms with Gasteiger partial charge < -0.3 is 66.8 Å². The number of imide groups is 1. The van der Waals surface area contributed by atoms with Crippen LogP contribution in [0.1, 0.15) is 184 Å². The molecule has 2 aliphatic rings. The maximum Gasteiger partial charge on any atom is 0.410 e. The highest BCUT2D eigenvalue weighted by molar-refractivity contribution is 14.1. The number of anilines is 1. The average molecular weight is 1530 g/mol. The topological polar surface area (TPSA) is 347 Å². The Hall–Kier alpha value is -6.98. The lowest BCUT2D eigenvalue weighted by atomic mass is 9.84. The standard InChI is InChI=1S/C74H118IN11O15/c1-17-47(10)53(57(99-15)41-60(89)85-39-27-31-56(85)65(100-16)48(11)66(91)78-49(12)64(90)51-28-22-20-23-29-51)42-83(13)71(96)62(45(6)7)82-69(94)63(46(8)9)84(14)73(98)101-43-50-33-35-52(36-34-50)79-67(92)55(30-26-37-77-72(76)97)80-68(93)61(44(4)5)81-58(87)32-24-21-25-38-86-59(88)40-54(70(86)95)74(75,18-2)19-3/h20,22-23,28-29,33-36,44-49,53-57,61-65,90H,17-19,21,24-27,30-32,37-43H2,1-16H3,(H,78,91)(H,79,92)(H,80,93)(H,81,87)(H,82,94)(H3,76,77,97)/t47-,48+,49+,53?,54?,55-,56-,57+,61?,62-,63-,64+,65+/m0/s1. The van der Waals surface area contributed by atoms with Crippen molar-refractivity contribution in [3.63, 3.8) is 0 Å². The molecule has 566 valence electrons. The van der Waals surface area contributed by atoms with Gasteiger partial charge in [0.2, 0.25) is 53.2 Å². The highest BCUT2D eigenvalue weighted by Crippen LogP contribution is 2.42. The monoisotopic (exact) mass is 1530 g/mol. The van der Waals surface area contributed by atoms with Crippen molar-refractivity contribution in [3.8, 4) is 0 Å². The summed E-state index contributed by atoms with van der Waals surface area (Å²) < 4.78 is 17.5. The third-order valence-corrected chi connectivity index (χ3v) is 22.4. The largest absolute Gasteiger partial charge is 0.445 e. The predicted octanol–water partition coefficient (Wildman–Crippen LogP) is 7.77. The zero-order valence-electron chi connectivity index (χ0n) is 62.6. The number of carbonyl (C=O) groups excluding carboxylic acids is 11. The Bertz CT molecular complexity index is 3050. The van der Waals surface area contributed by atoms with Gasteiger partial charge in [0.05, 0.1) is 48.7 Å². The Morgan fingerprint density at radius 1 is 0.752 bits per heavy atom. The molecular formula is C74H118IN11O15. The number of rotatable bonds is 42. The molecule has 26 nitrogen and oxygen atoms in total. The van der Waals surface area contributed by atoms with Crippen molar-refractivity contribution in [2.24, 2.45) is 47.2 Å². The van der Waals surface area contributed by atoms with Gasteiger partial charge in [0.1, 0.15) is 30.8 Å². The van der Waals surface area contributed by atoms with Crippen LogP contribution in [0.25, 0.3) is 0 Å². The number of likely N-dealkylation sites (tertiary alicyclic amines) is 2. The van der Waals surface area contributed by atoms with E-state index in [1.54, 1.807) is 102 Å². The van der Waals surface area contributed by atoms with Crippen molar-refractivity contribution in [1.82, 2.24) is 46.2 Å². The van der Waals surface area contributed by atoms with Gasteiger partial charge >= 0.3 is 12.1 Å². The summed E-state index contributed by atoms with van der Waals surface area (Å²) in [7, 11) is 6.18. The molecule has 2 aliphatic heterocycles. The summed E-state index contributed by atoms with van der Waals surface area (Å²) in [4.78, 5) is 155. The molecule has 2 saturated heterocycles. The van der Waals surface area contributed by atoms with Crippen LogP contribution >= 0.6 is 22.6 Å². The number of primary amides is 1. The van der Waals surface area contributed by atoms with E-state index >= 15 is 0 Å². The number of carbonyl (C=O) groups is 11. The van der Waals surface area contributed by atoms with E-state index in [1.165, 1.54) is 24.0 Å². The van der Waals surface area contributed by atoms with Crippen molar-refractivity contribution < 1.29 is 72.1 Å². The molecule has 13 atom stereocenters. The maximum absolute atomic E-state index is 14.6. The third kappa shape index (κ3) is 25.2. The van der Waals surface area contributed by atoms with E-state index in [4.69, 9.17) is 19.9 Å². The third-order valence-electron chi connectivity index (χ3n) is 20.2. The molecule has 2 heterocycles. The van der Waals surface area contributed by atoms with E-state index < -0.39 is 96.2 Å². The predicted molar refractivity (Wildman–Crippen MR) is 394 cm³/mol. The summed E-state index contributed by atoms with van der Waals surface area (Å²) in [5.74, 6) is -5.82. The van der Waals surface area contributed by atoms with Gasteiger partial charge in [-0.2, -0.15) is 0 Å². The minimum atomic E-state index is -1.11. The van der Waals surface area contributed by atoms with Crippen LogP contribution in [-0.2, 0) is 64.0 Å². The van der Waals surface area contributed by atoms with Crippen molar-refractivity contribution in [1.29, 1.82) is 0 Å². The lowest BCUT2D eigenvalue weighted by Gasteiger charge is -2.38. The van der Waals surface area contributed by atoms with Gasteiger partial charge in [-0.3, -0.25) is 53.0 Å². The van der Waals surface area contributed by atoms with Crippen LogP contribution in [0.2, 0.25) is 0 Å². The molecule has 0 spiro atoms. The molecule has 0 bridgehead atoms. The number of hydrogen-bond donors (Lipinski definition) is 8. The fourth-order valence-electron chi connectivity index (χ4n) is 13.5. The average Bonchev–Trinajstić information content (AvgIpc) is 1.72. The smallest absolute Gasteiger partial charge is 0.410 e. The molecule has 2 fully saturated rings. The number of unbranched alkanes of at least 4 members (excludes halogenated alkanes) is 2. The number of nitrogens with zero attached hydrogens (tertiary/aromatic N) is 4. The fourth-order valence-corrected chi connectivity index (χ4v) is 14.0. The lowest BCUT2D eigenvalue weighted by Crippen LogP contribution is -2.58. The van der Waals surface area contributed by atoms with Gasteiger partial charge in [-0.05, 0) is 105 Å². The number of ether oxygens (including phenoxy) is 3. The van der Waals surface area contributed by atoms with Gasteiger partial charge in [-0.15, -0.1) is 0 Å². The molecule has 0 radical (unpaired) electrons. The molecule has 3 unspecified atom stereocenters. The number of alkyl halides is 1. The van der Waals surface area contributed by atoms with Crippen molar-refractivity contribution in [3.05, 3.63) is 65.7 Å². The summed E-state index contributed by atoms with van der Waals surface area (Å²) in [6, 6.07) is 9.58. The number of halogens is 1. The van der Waals surface area contributed by atoms with Gasteiger partial charge in [0.25, 0.3) is 0 Å². The Kier molecular flexibility index (Phi) is 35.9. The Morgan fingerprint density at radius 2 is 1.40 bits per heavy atom. The SMILES string of the molecule is CC[C@H](C)C(CN(C)C(=O)[C@@H](NC(=O)[C@H](C(C)C)N(C)C(=O)OCc1ccc(NC(=O)[C@H](CCCNC(N)=O)NC(=O)C(NC(=O)CCCCCN2C(=O)CC(C(I)(CC)CC)C2=O)C(C)C)cc1)C(C)C)[C@@H](CC(=O)N1CCC[C@H]1[C@H](OC)[C@@H](C)C(=O)N[C@H](C)[C@@H](O)c1ccccc1)OC. The van der Waals surface area contributed by atoms with Crippen LogP contribution in [-0.4, -0.2) is 196 Å². The van der Waals surface area contributed by atoms with Crippen molar-refractivity contribution >= 4 is 93.6 Å². The van der Waals surface area contributed by atoms with Crippen LogP contribution in [0.4, 0.5) is 15.3 Å². The zero-order chi connectivity index (χ0) is 75.6. The van der Waals surface area contributed by atoms with E-state index in [0.29, 0.717) is 61.9 Å². The Labute approximate surface area is 612 Å². The van der Waals surface area contributed by atoms with Crippen LogP contribution in [0, 0.1) is 41.4 Å². The minimum absolute atomic E-state index is 0.00347. The summed E-state index contributed by atoms with van der Waals surface area (Å²) in [5, 5.41) is 27.7. The Balaban J connectivity index is 1.34. The first-order valence-corrected chi connectivity index (χ1v) is 37.2. The van der Waals surface area contributed by atoms with Gasteiger partial charge in [0, 0.05) is 82.4 Å². The number of nitrogens with two attached hydrogens (primary N) is 1. The van der Waals surface area contributed by atoms with Crippen molar-refractivity contribution in [2.75, 3.05) is 59.8 Å². The second-order valence-corrected chi connectivity index (χ2v) is 30.6. The van der Waals surface area contributed by atoms with Gasteiger partial charge in [-0.1, -0.05) is 154 Å². The second kappa shape index (κ2) is 42.0. The van der Waals surface area contributed by atoms with Crippen LogP contribution in [0.3, 0.4) is 0 Å². The number of aliphatic hydroxyl groups excluding tert-OH is 1. The molecule has 12 amide bonds. The summed E-state index contributed by atoms with van der Waals surface area (Å²) in [6.45, 7) is 23.2. The summed E-state index contributed by atoms with van der Waals surface area (Å²) in [5.41, 5.74) is 6.83. The van der Waals surface area contributed by atoms with Crippen LogP contribution < -0.4 is 37.6 Å². The van der Waals surface area contributed by atoms with E-state index in [2.05, 4.69) is 54.5 Å². The number of urea groups is 1. The molecule has 27 heteroatoms. The molecule has 9 N–H and O–H groups in total. The van der Waals surface area contributed by atoms with E-state index in [0.717, 1.165) is 12.8 Å². The molecular weight excluding hydrogens is 1410 g/mol. The molecule has 0 aromatic heterocycles. The van der Waals surface area contributed by atoms with Crippen molar-refractivity contribution in [2.45, 2.75) is 231 Å². The summed E-state index contributed by atoms with van der Waals surface area (Å²) in [6.07, 6.45) is 2.81. The number of methoxy groups -OCH3 is 2.